The summed E-state index contributed by atoms with van der Waals surface area (Å²) < 4.78 is 52.6. The maximum atomic E-state index is 14.2. The molecule has 0 radical (unpaired) electrons. The number of carbonyl (C=O) groups excluding carboxylic acids is 3. The number of nitro groups is 2. The van der Waals surface area contributed by atoms with Crippen LogP contribution in [0, 0.1) is 34.1 Å². The lowest BCUT2D eigenvalue weighted by molar-refractivity contribution is -0.396. The van der Waals surface area contributed by atoms with Crippen LogP contribution >= 0.6 is 11.3 Å². The third-order valence-corrected chi connectivity index (χ3v) is 12.7. The number of aromatic nitrogens is 1. The minimum absolute atomic E-state index is 0.0745. The van der Waals surface area contributed by atoms with Crippen molar-refractivity contribution in [1.82, 2.24) is 9.88 Å². The minimum atomic E-state index is -4.65. The quantitative estimate of drug-likeness (QED) is 0.0269. The van der Waals surface area contributed by atoms with Gasteiger partial charge in [-0.15, -0.1) is 11.3 Å². The van der Waals surface area contributed by atoms with Crippen molar-refractivity contribution in [2.45, 2.75) is 109 Å². The number of rotatable bonds is 25. The van der Waals surface area contributed by atoms with Gasteiger partial charge in [-0.05, 0) is 121 Å². The van der Waals surface area contributed by atoms with Gasteiger partial charge in [-0.1, -0.05) is 24.6 Å². The third kappa shape index (κ3) is 14.5. The van der Waals surface area contributed by atoms with Crippen LogP contribution in [0.5, 0.6) is 0 Å². The first-order valence-electron chi connectivity index (χ1n) is 20.9. The summed E-state index contributed by atoms with van der Waals surface area (Å²) in [5, 5.41) is 23.4. The number of ether oxygens (including phenoxy) is 4. The molecule has 0 saturated carbocycles. The number of sulfonamides is 1. The molecule has 0 spiro atoms. The van der Waals surface area contributed by atoms with Crippen LogP contribution in [0.15, 0.2) is 65.0 Å². The summed E-state index contributed by atoms with van der Waals surface area (Å²) in [5.74, 6) is -2.25. The topological polar surface area (TPSA) is 228 Å². The Morgan fingerprint density at radius 3 is 2.23 bits per heavy atom. The molecule has 0 N–H and O–H groups in total. The van der Waals surface area contributed by atoms with E-state index in [0.717, 1.165) is 35.7 Å². The van der Waals surface area contributed by atoms with Crippen molar-refractivity contribution < 1.29 is 51.6 Å². The highest BCUT2D eigenvalue weighted by atomic mass is 32.2. The maximum absolute atomic E-state index is 14.2. The fourth-order valence-corrected chi connectivity index (χ4v) is 9.01. The lowest BCUT2D eigenvalue weighted by Gasteiger charge is -2.31. The molecule has 3 aromatic carbocycles. The van der Waals surface area contributed by atoms with Crippen molar-refractivity contribution in [1.29, 1.82) is 0 Å². The Balaban J connectivity index is 1.49. The number of nitrogens with zero attached hydrogens (tertiary/aromatic N) is 5. The van der Waals surface area contributed by atoms with Gasteiger partial charge in [-0.3, -0.25) is 29.3 Å². The van der Waals surface area contributed by atoms with Crippen LogP contribution in [0.3, 0.4) is 0 Å². The van der Waals surface area contributed by atoms with Gasteiger partial charge in [0.25, 0.3) is 27.3 Å². The lowest BCUT2D eigenvalue weighted by atomic mass is 10.0. The minimum Gasteiger partial charge on any atom is -0.464 e. The van der Waals surface area contributed by atoms with Crippen molar-refractivity contribution in [2.75, 3.05) is 44.3 Å². The number of carbonyl (C=O) groups is 3. The van der Waals surface area contributed by atoms with Gasteiger partial charge in [0, 0.05) is 32.8 Å². The summed E-state index contributed by atoms with van der Waals surface area (Å²) in [5.41, 5.74) is 3.54. The molecule has 4 aromatic rings. The van der Waals surface area contributed by atoms with Crippen molar-refractivity contribution in [3.8, 4) is 0 Å². The van der Waals surface area contributed by atoms with Gasteiger partial charge in [0.15, 0.2) is 17.1 Å². The molecule has 64 heavy (non-hydrogen) atoms. The molecular weight excluding hydrogens is 871 g/mol. The highest BCUT2D eigenvalue weighted by Crippen LogP contribution is 2.34. The Labute approximate surface area is 377 Å². The van der Waals surface area contributed by atoms with E-state index >= 15 is 0 Å². The van der Waals surface area contributed by atoms with Crippen LogP contribution in [0.25, 0.3) is 10.2 Å². The number of nitro benzene ring substituents is 2. The number of hydrogen-bond acceptors (Lipinski definition) is 15. The predicted octanol–water partition coefficient (Wildman–Crippen LogP) is 7.64. The number of unbranched alkanes of at least 4 members (excludes halogenated alkanes) is 4. The van der Waals surface area contributed by atoms with Crippen molar-refractivity contribution >= 4 is 66.5 Å². The molecule has 0 unspecified atom stereocenters. The fraction of sp³-hybridized carbons (Fsp3) is 0.500. The average Bonchev–Trinajstić information content (AvgIpc) is 3.71. The van der Waals surface area contributed by atoms with Gasteiger partial charge in [-0.25, -0.2) is 23.0 Å². The second-order valence-electron chi connectivity index (χ2n) is 16.2. The van der Waals surface area contributed by atoms with Crippen LogP contribution in [-0.4, -0.2) is 104 Å². The number of hydrogen-bond donors (Lipinski definition) is 0. The number of benzene rings is 3. The molecular formula is C44H57N5O13S2. The molecule has 348 valence electrons. The third-order valence-electron chi connectivity index (χ3n) is 10.1. The van der Waals surface area contributed by atoms with Crippen LogP contribution in [0.4, 0.5) is 17.1 Å². The molecule has 1 aromatic heterocycles. The van der Waals surface area contributed by atoms with Gasteiger partial charge in [0.1, 0.15) is 12.2 Å². The number of anilines is 1. The number of aryl methyl sites for hydroxylation is 3. The molecule has 1 heterocycles. The molecule has 1 amide bonds. The van der Waals surface area contributed by atoms with E-state index in [1.54, 1.807) is 45.3 Å². The van der Waals surface area contributed by atoms with Gasteiger partial charge < -0.3 is 23.8 Å². The van der Waals surface area contributed by atoms with E-state index < -0.39 is 78.4 Å². The van der Waals surface area contributed by atoms with Crippen molar-refractivity contribution in [3.63, 3.8) is 0 Å². The smallest absolute Gasteiger partial charge is 0.339 e. The first kappa shape index (κ1) is 51.1. The summed E-state index contributed by atoms with van der Waals surface area (Å²) in [6.07, 6.45) is 0.904. The molecule has 0 aliphatic carbocycles. The number of esters is 2. The zero-order valence-electron chi connectivity index (χ0n) is 37.3. The number of fused-ring (bicyclic) bond motifs is 1. The van der Waals surface area contributed by atoms with E-state index in [2.05, 4.69) is 37.0 Å². The summed E-state index contributed by atoms with van der Waals surface area (Å²) >= 11 is 1.27. The van der Waals surface area contributed by atoms with E-state index in [4.69, 9.17) is 18.9 Å². The molecule has 0 aliphatic heterocycles. The van der Waals surface area contributed by atoms with E-state index in [9.17, 15) is 43.0 Å². The molecule has 20 heteroatoms. The second-order valence-corrected chi connectivity index (χ2v) is 18.9. The Morgan fingerprint density at radius 1 is 0.844 bits per heavy atom. The fourth-order valence-electron chi connectivity index (χ4n) is 6.66. The first-order chi connectivity index (χ1) is 30.2. The summed E-state index contributed by atoms with van der Waals surface area (Å²) in [4.78, 5) is 66.6. The van der Waals surface area contributed by atoms with Crippen LogP contribution in [0.2, 0.25) is 0 Å². The lowest BCUT2D eigenvalue weighted by Crippen LogP contribution is -2.51. The zero-order chi connectivity index (χ0) is 47.2. The van der Waals surface area contributed by atoms with E-state index in [-0.39, 0.29) is 38.4 Å². The highest BCUT2D eigenvalue weighted by Gasteiger charge is 2.41. The zero-order valence-corrected chi connectivity index (χ0v) is 38.9. The van der Waals surface area contributed by atoms with E-state index in [1.807, 2.05) is 0 Å². The number of thiazole rings is 1. The molecule has 4 rings (SSSR count). The van der Waals surface area contributed by atoms with E-state index in [0.29, 0.717) is 35.5 Å². The van der Waals surface area contributed by atoms with Crippen LogP contribution < -0.4 is 4.31 Å². The Hall–Kier alpha value is -5.57. The van der Waals surface area contributed by atoms with Gasteiger partial charge in [0.05, 0.1) is 43.9 Å². The number of likely N-dealkylation sites (N-methyl/N-ethyl adjacent to an activating group) is 1. The largest absolute Gasteiger partial charge is 0.464 e. The number of amides is 1. The normalized spacial score (nSPS) is 12.7. The highest BCUT2D eigenvalue weighted by molar-refractivity contribution is 7.93. The Morgan fingerprint density at radius 2 is 1.56 bits per heavy atom. The predicted molar refractivity (Wildman–Crippen MR) is 241 cm³/mol. The van der Waals surface area contributed by atoms with Crippen molar-refractivity contribution in [2.24, 2.45) is 0 Å². The Kier molecular flexibility index (Phi) is 18.7. The van der Waals surface area contributed by atoms with Gasteiger partial charge in [0.2, 0.25) is 0 Å². The monoisotopic (exact) mass is 927 g/mol. The SMILES string of the molecule is CCOC(=O)CO[C@@H](C(=O)OC(C)(C)C)[C@@H](OCCCCCc1ccc(C)c(C)c1)C(=O)N(C)CCCCCN(c1ccc2ncsc2c1)S(=O)(=O)c1ccc([N+](=O)[O-])cc1[N+](=O)[O-]. The molecule has 0 bridgehead atoms. The molecule has 0 saturated heterocycles. The summed E-state index contributed by atoms with van der Waals surface area (Å²) in [7, 11) is -3.13. The van der Waals surface area contributed by atoms with Gasteiger partial charge in [-0.2, -0.15) is 0 Å². The molecule has 0 aliphatic rings. The van der Waals surface area contributed by atoms with Crippen molar-refractivity contribution in [3.05, 3.63) is 97.0 Å². The summed E-state index contributed by atoms with van der Waals surface area (Å²) in [6, 6.07) is 13.5. The van der Waals surface area contributed by atoms with Crippen LogP contribution in [-0.2, 0) is 49.8 Å². The standard InChI is InChI=1S/C44H57N5O13S2/c1-8-59-39(50)28-61-41(43(52)62-44(4,5)6)40(60-24-14-9-11-15-32-17-16-30(2)31(3)25-32)42(51)46(7)22-12-10-13-23-47(33-18-20-35-37(27-33)63-29-45-35)64(57,58)38-21-19-34(48(53)54)26-36(38)49(55)56/h16-21,25-27,29,40-41H,8-15,22-24,28H2,1-7H3/t40-,41-/m1/s1. The Bertz CT molecular complexity index is 2380. The van der Waals surface area contributed by atoms with Crippen LogP contribution in [0.1, 0.15) is 82.9 Å². The maximum Gasteiger partial charge on any atom is 0.339 e. The first-order valence-corrected chi connectivity index (χ1v) is 23.3. The molecule has 18 nitrogen and oxygen atoms in total. The molecule has 2 atom stereocenters. The molecule has 0 fully saturated rings. The van der Waals surface area contributed by atoms with E-state index in [1.165, 1.54) is 46.0 Å². The second kappa shape index (κ2) is 23.4. The summed E-state index contributed by atoms with van der Waals surface area (Å²) in [6.45, 7) is 10.3. The van der Waals surface area contributed by atoms with Gasteiger partial charge >= 0.3 is 11.9 Å². The average molecular weight is 928 g/mol. The number of non-ortho nitro benzene ring substituents is 1.